The second kappa shape index (κ2) is 6.37. The highest BCUT2D eigenvalue weighted by Crippen LogP contribution is 2.26. The van der Waals surface area contributed by atoms with E-state index in [-0.39, 0.29) is 6.04 Å². The fourth-order valence-electron chi connectivity index (χ4n) is 2.53. The zero-order valence-electron chi connectivity index (χ0n) is 12.4. The van der Waals surface area contributed by atoms with Gasteiger partial charge in [-0.3, -0.25) is 9.67 Å². The van der Waals surface area contributed by atoms with Gasteiger partial charge in [0.1, 0.15) is 0 Å². The Labute approximate surface area is 128 Å². The molecule has 5 heteroatoms. The van der Waals surface area contributed by atoms with Crippen molar-refractivity contribution in [3.63, 3.8) is 0 Å². The van der Waals surface area contributed by atoms with E-state index >= 15 is 0 Å². The van der Waals surface area contributed by atoms with E-state index < -0.39 is 0 Å². The molecular weight excluding hydrogens is 280 g/mol. The van der Waals surface area contributed by atoms with Gasteiger partial charge in [-0.1, -0.05) is 13.8 Å². The first-order chi connectivity index (χ1) is 10.3. The first kappa shape index (κ1) is 14.2. The fraction of sp³-hybridized carbons (Fsp3) is 0.375. The molecule has 0 radical (unpaired) electrons. The van der Waals surface area contributed by atoms with Gasteiger partial charge in [0, 0.05) is 24.5 Å². The lowest BCUT2D eigenvalue weighted by molar-refractivity contribution is 0.597. The van der Waals surface area contributed by atoms with Crippen LogP contribution in [0.5, 0.6) is 0 Å². The van der Waals surface area contributed by atoms with E-state index in [0.717, 1.165) is 25.0 Å². The van der Waals surface area contributed by atoms with Gasteiger partial charge in [0.2, 0.25) is 0 Å². The van der Waals surface area contributed by atoms with Crippen LogP contribution in [-0.2, 0) is 6.54 Å². The minimum atomic E-state index is 0.152. The number of aromatic nitrogens is 3. The number of hydrogen-bond donors (Lipinski definition) is 1. The first-order valence-corrected chi connectivity index (χ1v) is 8.28. The summed E-state index contributed by atoms with van der Waals surface area (Å²) in [6.45, 7) is 6.16. The predicted molar refractivity (Wildman–Crippen MR) is 87.7 cm³/mol. The maximum atomic E-state index is 4.56. The smallest absolute Gasteiger partial charge is 0.0809 e. The van der Waals surface area contributed by atoms with E-state index in [9.17, 15) is 0 Å². The maximum Gasteiger partial charge on any atom is 0.0809 e. The SMILES string of the molecule is CCCn1cc(C(NCC)c2cnc3ccsc3c2)cn1. The molecule has 0 saturated heterocycles. The van der Waals surface area contributed by atoms with Crippen molar-refractivity contribution in [2.45, 2.75) is 32.9 Å². The summed E-state index contributed by atoms with van der Waals surface area (Å²) in [5.74, 6) is 0. The summed E-state index contributed by atoms with van der Waals surface area (Å²) < 4.78 is 3.24. The Balaban J connectivity index is 1.95. The van der Waals surface area contributed by atoms with Crippen LogP contribution in [0.25, 0.3) is 10.2 Å². The van der Waals surface area contributed by atoms with Crippen molar-refractivity contribution in [2.24, 2.45) is 0 Å². The Bertz CT molecular complexity index is 716. The molecule has 1 atom stereocenters. The lowest BCUT2D eigenvalue weighted by Gasteiger charge is -2.16. The summed E-state index contributed by atoms with van der Waals surface area (Å²) in [5, 5.41) is 10.1. The van der Waals surface area contributed by atoms with E-state index in [1.165, 1.54) is 15.8 Å². The molecule has 3 aromatic rings. The molecule has 0 aliphatic heterocycles. The van der Waals surface area contributed by atoms with E-state index in [4.69, 9.17) is 0 Å². The summed E-state index contributed by atoms with van der Waals surface area (Å²) in [5.41, 5.74) is 3.46. The summed E-state index contributed by atoms with van der Waals surface area (Å²) in [6, 6.07) is 4.45. The molecule has 3 aromatic heterocycles. The standard InChI is InChI=1S/C16H20N4S/c1-3-6-20-11-13(10-19-20)16(17-4-2)12-8-15-14(18-9-12)5-7-21-15/h5,7-11,16-17H,3-4,6H2,1-2H3. The fourth-order valence-corrected chi connectivity index (χ4v) is 3.32. The molecule has 4 nitrogen and oxygen atoms in total. The van der Waals surface area contributed by atoms with Crippen LogP contribution >= 0.6 is 11.3 Å². The first-order valence-electron chi connectivity index (χ1n) is 7.40. The zero-order valence-corrected chi connectivity index (χ0v) is 13.2. The topological polar surface area (TPSA) is 42.7 Å². The molecule has 3 heterocycles. The Hall–Kier alpha value is -1.72. The van der Waals surface area contributed by atoms with Crippen LogP contribution in [0.1, 0.15) is 37.4 Å². The minimum absolute atomic E-state index is 0.152. The highest BCUT2D eigenvalue weighted by Gasteiger charge is 2.16. The van der Waals surface area contributed by atoms with Gasteiger partial charge < -0.3 is 5.32 Å². The van der Waals surface area contributed by atoms with Gasteiger partial charge in [-0.15, -0.1) is 11.3 Å². The summed E-state index contributed by atoms with van der Waals surface area (Å²) >= 11 is 1.73. The van der Waals surface area contributed by atoms with Gasteiger partial charge in [-0.2, -0.15) is 5.10 Å². The summed E-state index contributed by atoms with van der Waals surface area (Å²) in [6.07, 6.45) is 7.16. The molecule has 3 rings (SSSR count). The average Bonchev–Trinajstić information content (AvgIpc) is 3.13. The third-order valence-electron chi connectivity index (χ3n) is 3.50. The third kappa shape index (κ3) is 2.99. The lowest BCUT2D eigenvalue weighted by atomic mass is 10.0. The van der Waals surface area contributed by atoms with Crippen molar-refractivity contribution in [1.82, 2.24) is 20.1 Å². The van der Waals surface area contributed by atoms with Crippen molar-refractivity contribution >= 4 is 21.6 Å². The normalized spacial score (nSPS) is 12.9. The van der Waals surface area contributed by atoms with E-state index in [1.54, 1.807) is 11.3 Å². The molecular formula is C16H20N4S. The highest BCUT2D eigenvalue weighted by atomic mass is 32.1. The Kier molecular flexibility index (Phi) is 4.31. The Morgan fingerprint density at radius 3 is 3.00 bits per heavy atom. The number of nitrogens with one attached hydrogen (secondary N) is 1. The van der Waals surface area contributed by atoms with Crippen LogP contribution in [-0.4, -0.2) is 21.3 Å². The van der Waals surface area contributed by atoms with Gasteiger partial charge >= 0.3 is 0 Å². The van der Waals surface area contributed by atoms with Crippen LogP contribution < -0.4 is 5.32 Å². The predicted octanol–water partition coefficient (Wildman–Crippen LogP) is 3.60. The number of aryl methyl sites for hydroxylation is 1. The van der Waals surface area contributed by atoms with E-state index in [2.05, 4.69) is 53.0 Å². The number of hydrogen-bond acceptors (Lipinski definition) is 4. The highest BCUT2D eigenvalue weighted by molar-refractivity contribution is 7.17. The van der Waals surface area contributed by atoms with Gasteiger partial charge in [0.15, 0.2) is 0 Å². The second-order valence-corrected chi connectivity index (χ2v) is 6.05. The Morgan fingerprint density at radius 2 is 2.19 bits per heavy atom. The maximum absolute atomic E-state index is 4.56. The van der Waals surface area contributed by atoms with Crippen LogP contribution in [0.3, 0.4) is 0 Å². The van der Waals surface area contributed by atoms with Gasteiger partial charge in [-0.05, 0) is 36.0 Å². The number of nitrogens with zero attached hydrogens (tertiary/aromatic N) is 3. The van der Waals surface area contributed by atoms with Gasteiger partial charge in [0.25, 0.3) is 0 Å². The van der Waals surface area contributed by atoms with Crippen molar-refractivity contribution in [3.8, 4) is 0 Å². The number of thiophene rings is 1. The largest absolute Gasteiger partial charge is 0.306 e. The molecule has 0 aliphatic carbocycles. The van der Waals surface area contributed by atoms with Gasteiger partial charge in [-0.25, -0.2) is 0 Å². The summed E-state index contributed by atoms with van der Waals surface area (Å²) in [7, 11) is 0. The van der Waals surface area contributed by atoms with Crippen molar-refractivity contribution in [1.29, 1.82) is 0 Å². The second-order valence-electron chi connectivity index (χ2n) is 5.10. The molecule has 1 unspecified atom stereocenters. The minimum Gasteiger partial charge on any atom is -0.306 e. The quantitative estimate of drug-likeness (QED) is 0.756. The number of pyridine rings is 1. The molecule has 0 bridgehead atoms. The monoisotopic (exact) mass is 300 g/mol. The Morgan fingerprint density at radius 1 is 1.29 bits per heavy atom. The number of fused-ring (bicyclic) bond motifs is 1. The zero-order chi connectivity index (χ0) is 14.7. The van der Waals surface area contributed by atoms with Crippen LogP contribution in [0.4, 0.5) is 0 Å². The molecule has 0 amide bonds. The lowest BCUT2D eigenvalue weighted by Crippen LogP contribution is -2.21. The molecule has 0 fully saturated rings. The van der Waals surface area contributed by atoms with Crippen molar-refractivity contribution in [2.75, 3.05) is 6.54 Å². The average molecular weight is 300 g/mol. The van der Waals surface area contributed by atoms with Crippen molar-refractivity contribution < 1.29 is 0 Å². The molecule has 21 heavy (non-hydrogen) atoms. The molecule has 0 saturated carbocycles. The molecule has 1 N–H and O–H groups in total. The third-order valence-corrected chi connectivity index (χ3v) is 4.36. The molecule has 0 spiro atoms. The van der Waals surface area contributed by atoms with Crippen LogP contribution in [0, 0.1) is 0 Å². The molecule has 0 aromatic carbocycles. The summed E-state index contributed by atoms with van der Waals surface area (Å²) in [4.78, 5) is 4.56. The molecule has 110 valence electrons. The number of rotatable bonds is 6. The van der Waals surface area contributed by atoms with Crippen molar-refractivity contribution in [3.05, 3.63) is 47.2 Å². The van der Waals surface area contributed by atoms with Crippen LogP contribution in [0.2, 0.25) is 0 Å². The van der Waals surface area contributed by atoms with Crippen LogP contribution in [0.15, 0.2) is 36.1 Å². The van der Waals surface area contributed by atoms with E-state index in [1.807, 2.05) is 17.1 Å². The van der Waals surface area contributed by atoms with E-state index in [0.29, 0.717) is 0 Å². The van der Waals surface area contributed by atoms with Gasteiger partial charge in [0.05, 0.1) is 22.5 Å². The molecule has 0 aliphatic rings.